The van der Waals surface area contributed by atoms with Gasteiger partial charge in [-0.05, 0) is 119 Å². The van der Waals surface area contributed by atoms with Crippen molar-refractivity contribution in [2.24, 2.45) is 16.2 Å². The SMILES string of the molecule is COCCCN(C)CCOC12CC3(C)CC(C)(CC(Cn4ncc(-c5ccc(N6CCCc7c6nnc(Nc6nc8ccccc8s6)c7C)nc5C(=O)O)c4C)(C3)C1)C2. The van der Waals surface area contributed by atoms with Gasteiger partial charge in [0.15, 0.2) is 22.5 Å². The van der Waals surface area contributed by atoms with Gasteiger partial charge in [-0.25, -0.2) is 14.8 Å². The van der Waals surface area contributed by atoms with Crippen LogP contribution in [0.25, 0.3) is 21.3 Å². The second-order valence-corrected chi connectivity index (χ2v) is 19.9. The number of carboxylic acids is 1. The number of rotatable bonds is 15. The molecule has 4 saturated carbocycles. The molecule has 5 aliphatic rings. The molecule has 0 spiro atoms. The molecule has 4 bridgehead atoms. The third kappa shape index (κ3) is 7.62. The van der Waals surface area contributed by atoms with E-state index in [2.05, 4.69) is 65.9 Å². The van der Waals surface area contributed by atoms with Crippen LogP contribution < -0.4 is 10.2 Å². The van der Waals surface area contributed by atoms with E-state index in [9.17, 15) is 9.90 Å². The van der Waals surface area contributed by atoms with Crippen molar-refractivity contribution < 1.29 is 19.4 Å². The third-order valence-electron chi connectivity index (χ3n) is 13.6. The summed E-state index contributed by atoms with van der Waals surface area (Å²) in [6.07, 6.45) is 11.4. The average molecular weight is 820 g/mol. The number of anilines is 4. The summed E-state index contributed by atoms with van der Waals surface area (Å²) in [5, 5.41) is 29.0. The summed E-state index contributed by atoms with van der Waals surface area (Å²) in [7, 11) is 3.93. The molecule has 0 radical (unpaired) electrons. The summed E-state index contributed by atoms with van der Waals surface area (Å²) < 4.78 is 15.5. The molecular formula is C45H57N9O4S. The maximum absolute atomic E-state index is 13.0. The van der Waals surface area contributed by atoms with Crippen LogP contribution in [0.15, 0.2) is 42.6 Å². The molecule has 1 aromatic carbocycles. The summed E-state index contributed by atoms with van der Waals surface area (Å²) in [5.41, 5.74) is 5.70. The molecule has 312 valence electrons. The lowest BCUT2D eigenvalue weighted by atomic mass is 9.39. The number of nitrogens with one attached hydrogen (secondary N) is 1. The van der Waals surface area contributed by atoms with Gasteiger partial charge in [0, 0.05) is 67.8 Å². The van der Waals surface area contributed by atoms with Crippen molar-refractivity contribution in [3.8, 4) is 11.1 Å². The molecule has 4 aromatic heterocycles. The molecule has 10 rings (SSSR count). The predicted octanol–water partition coefficient (Wildman–Crippen LogP) is 8.59. The van der Waals surface area contributed by atoms with Crippen molar-refractivity contribution in [1.82, 2.24) is 34.8 Å². The highest BCUT2D eigenvalue weighted by molar-refractivity contribution is 7.22. The molecule has 2 atom stereocenters. The molecule has 1 aliphatic heterocycles. The fourth-order valence-electron chi connectivity index (χ4n) is 12.3. The van der Waals surface area contributed by atoms with E-state index in [0.717, 1.165) is 122 Å². The molecule has 2 unspecified atom stereocenters. The molecule has 59 heavy (non-hydrogen) atoms. The first-order valence-corrected chi connectivity index (χ1v) is 22.0. The molecule has 4 aliphatic carbocycles. The van der Waals surface area contributed by atoms with Crippen LogP contribution in [0, 0.1) is 30.1 Å². The monoisotopic (exact) mass is 819 g/mol. The Morgan fingerprint density at radius 3 is 2.53 bits per heavy atom. The van der Waals surface area contributed by atoms with E-state index in [4.69, 9.17) is 24.5 Å². The Labute approximate surface area is 350 Å². The lowest BCUT2D eigenvalue weighted by molar-refractivity contribution is -0.248. The van der Waals surface area contributed by atoms with Crippen LogP contribution in [0.1, 0.15) is 92.5 Å². The van der Waals surface area contributed by atoms with Crippen LogP contribution in [0.2, 0.25) is 0 Å². The largest absolute Gasteiger partial charge is 0.476 e. The Kier molecular flexibility index (Phi) is 10.3. The van der Waals surface area contributed by atoms with E-state index in [0.29, 0.717) is 29.6 Å². The van der Waals surface area contributed by atoms with Crippen molar-refractivity contribution in [2.75, 3.05) is 57.2 Å². The quantitative estimate of drug-likeness (QED) is 0.0977. The molecule has 0 saturated heterocycles. The lowest BCUT2D eigenvalue weighted by Gasteiger charge is -2.69. The van der Waals surface area contributed by atoms with E-state index in [1.165, 1.54) is 6.42 Å². The standard InChI is InChI=1S/C45H57N9O4S/c1-29-31-11-9-17-53(39(31)51-50-38(29)49-41-47-34-12-7-8-13-35(34)59-41)36-15-14-32(37(48-36)40(55)56)33-21-46-54(30(33)2)28-44-23-42(3)22-43(4,24-44)26-45(25-42,27-44)58-20-18-52(5)16-10-19-57-6/h7-8,12-15,21H,9-11,16-20,22-28H2,1-6H3,(H,55,56)(H,47,49,50). The number of hydrogen-bond donors (Lipinski definition) is 2. The number of nitrogens with zero attached hydrogens (tertiary/aromatic N) is 8. The Bertz CT molecular complexity index is 2340. The summed E-state index contributed by atoms with van der Waals surface area (Å²) in [6, 6.07) is 11.9. The second kappa shape index (κ2) is 15.2. The topological polar surface area (TPSA) is 144 Å². The number of fused-ring (bicyclic) bond motifs is 2. The summed E-state index contributed by atoms with van der Waals surface area (Å²) in [6.45, 7) is 13.9. The molecule has 14 heteroatoms. The van der Waals surface area contributed by atoms with Crippen LogP contribution in [-0.4, -0.2) is 98.5 Å². The number of para-hydroxylation sites is 1. The van der Waals surface area contributed by atoms with Gasteiger partial charge in [0.25, 0.3) is 0 Å². The highest BCUT2D eigenvalue weighted by atomic mass is 32.1. The fraction of sp³-hybridized carbons (Fsp3) is 0.556. The number of pyridine rings is 1. The van der Waals surface area contributed by atoms with E-state index in [1.54, 1.807) is 18.4 Å². The normalized spacial score (nSPS) is 25.9. The minimum atomic E-state index is -1.07. The van der Waals surface area contributed by atoms with Crippen molar-refractivity contribution in [3.05, 3.63) is 65.1 Å². The minimum Gasteiger partial charge on any atom is -0.476 e. The number of benzene rings is 1. The fourth-order valence-corrected chi connectivity index (χ4v) is 13.1. The first-order valence-electron chi connectivity index (χ1n) is 21.1. The smallest absolute Gasteiger partial charge is 0.355 e. The molecule has 4 fully saturated rings. The van der Waals surface area contributed by atoms with Gasteiger partial charge in [-0.15, -0.1) is 10.2 Å². The van der Waals surface area contributed by atoms with Gasteiger partial charge in [-0.3, -0.25) is 4.68 Å². The Balaban J connectivity index is 0.948. The van der Waals surface area contributed by atoms with E-state index in [1.807, 2.05) is 41.4 Å². The molecule has 13 nitrogen and oxygen atoms in total. The number of thiazole rings is 1. The zero-order valence-corrected chi connectivity index (χ0v) is 36.1. The van der Waals surface area contributed by atoms with Crippen LogP contribution in [0.4, 0.5) is 22.6 Å². The Hall–Kier alpha value is -4.50. The van der Waals surface area contributed by atoms with E-state index < -0.39 is 5.97 Å². The van der Waals surface area contributed by atoms with E-state index >= 15 is 0 Å². The highest BCUT2D eigenvalue weighted by Gasteiger charge is 2.66. The summed E-state index contributed by atoms with van der Waals surface area (Å²) in [5.74, 6) is 0.842. The molecule has 5 aromatic rings. The molecular weight excluding hydrogens is 763 g/mol. The number of ether oxygens (including phenoxy) is 2. The average Bonchev–Trinajstić information content (AvgIpc) is 3.75. The van der Waals surface area contributed by atoms with Crippen LogP contribution in [-0.2, 0) is 22.4 Å². The molecule has 5 heterocycles. The number of carboxylic acid groups (broad SMARTS) is 1. The number of aromatic nitrogens is 6. The van der Waals surface area contributed by atoms with Crippen LogP contribution in [0.3, 0.4) is 0 Å². The van der Waals surface area contributed by atoms with Gasteiger partial charge in [0.1, 0.15) is 5.82 Å². The van der Waals surface area contributed by atoms with Gasteiger partial charge < -0.3 is 29.7 Å². The van der Waals surface area contributed by atoms with Crippen LogP contribution >= 0.6 is 11.3 Å². The van der Waals surface area contributed by atoms with Gasteiger partial charge >= 0.3 is 5.97 Å². The van der Waals surface area contributed by atoms with Gasteiger partial charge in [-0.1, -0.05) is 37.3 Å². The van der Waals surface area contributed by atoms with Crippen molar-refractivity contribution in [1.29, 1.82) is 0 Å². The number of aromatic carboxylic acids is 1. The molecule has 0 amide bonds. The maximum Gasteiger partial charge on any atom is 0.355 e. The van der Waals surface area contributed by atoms with Crippen molar-refractivity contribution >= 4 is 50.1 Å². The minimum absolute atomic E-state index is 0.00504. The lowest BCUT2D eigenvalue weighted by Crippen LogP contribution is -2.64. The first kappa shape index (κ1) is 39.9. The number of carbonyl (C=O) groups is 1. The van der Waals surface area contributed by atoms with Crippen molar-refractivity contribution in [3.63, 3.8) is 0 Å². The van der Waals surface area contributed by atoms with Gasteiger partial charge in [-0.2, -0.15) is 5.10 Å². The predicted molar refractivity (Wildman–Crippen MR) is 231 cm³/mol. The number of hydrogen-bond acceptors (Lipinski definition) is 12. The third-order valence-corrected chi connectivity index (χ3v) is 14.5. The zero-order chi connectivity index (χ0) is 41.2. The Morgan fingerprint density at radius 2 is 1.76 bits per heavy atom. The summed E-state index contributed by atoms with van der Waals surface area (Å²) in [4.78, 5) is 26.8. The number of likely N-dealkylation sites (N-methyl/N-ethyl adjacent to an activating group) is 1. The van der Waals surface area contributed by atoms with Crippen molar-refractivity contribution in [2.45, 2.75) is 97.6 Å². The second-order valence-electron chi connectivity index (χ2n) is 18.9. The number of methoxy groups -OCH3 is 1. The van der Waals surface area contributed by atoms with Gasteiger partial charge in [0.2, 0.25) is 0 Å². The Morgan fingerprint density at radius 1 is 0.966 bits per heavy atom. The highest BCUT2D eigenvalue weighted by Crippen LogP contribution is 2.72. The molecule has 2 N–H and O–H groups in total. The maximum atomic E-state index is 13.0. The van der Waals surface area contributed by atoms with Crippen LogP contribution in [0.5, 0.6) is 0 Å². The van der Waals surface area contributed by atoms with Gasteiger partial charge in [0.05, 0.1) is 28.6 Å². The first-order chi connectivity index (χ1) is 28.3. The van der Waals surface area contributed by atoms with E-state index in [-0.39, 0.29) is 27.5 Å². The summed E-state index contributed by atoms with van der Waals surface area (Å²) >= 11 is 1.58. The zero-order valence-electron chi connectivity index (χ0n) is 35.3.